The van der Waals surface area contributed by atoms with Gasteiger partial charge in [-0.2, -0.15) is 0 Å². The minimum Gasteiger partial charge on any atom is -0.497 e. The molecule has 3 heterocycles. The van der Waals surface area contributed by atoms with Crippen LogP contribution in [0.5, 0.6) is 5.75 Å². The summed E-state index contributed by atoms with van der Waals surface area (Å²) in [6.07, 6.45) is 3.17. The normalized spacial score (nSPS) is 15.8. The van der Waals surface area contributed by atoms with Crippen molar-refractivity contribution in [3.05, 3.63) is 64.4 Å². The molecule has 0 spiro atoms. The number of likely N-dealkylation sites (tertiary alicyclic amines) is 1. The molecule has 1 atom stereocenters. The number of aromatic nitrogens is 2. The Morgan fingerprint density at radius 1 is 1.19 bits per heavy atom. The number of carbonyl (C=O) groups is 1. The van der Waals surface area contributed by atoms with E-state index in [0.717, 1.165) is 65.0 Å². The second kappa shape index (κ2) is 9.47. The number of anilines is 2. The topological polar surface area (TPSA) is 67.3 Å². The average molecular weight is 437 g/mol. The van der Waals surface area contributed by atoms with Crippen LogP contribution in [-0.4, -0.2) is 34.4 Å². The van der Waals surface area contributed by atoms with Crippen molar-refractivity contribution in [3.8, 4) is 5.75 Å². The molecule has 6 nitrogen and oxygen atoms in total. The fraction of sp³-hybridized carbons (Fsp3) is 0.375. The fourth-order valence-electron chi connectivity index (χ4n) is 4.03. The molecule has 7 heteroatoms. The second-order valence-electron chi connectivity index (χ2n) is 7.93. The quantitative estimate of drug-likeness (QED) is 0.551. The van der Waals surface area contributed by atoms with E-state index in [0.29, 0.717) is 6.42 Å². The Bertz CT molecular complexity index is 1050. The number of pyridine rings is 1. The van der Waals surface area contributed by atoms with E-state index >= 15 is 0 Å². The smallest absolute Gasteiger partial charge is 0.223 e. The van der Waals surface area contributed by atoms with Crippen LogP contribution < -0.4 is 10.1 Å². The first kappa shape index (κ1) is 21.3. The number of amides is 1. The molecule has 1 aliphatic rings. The first-order valence-electron chi connectivity index (χ1n) is 10.6. The summed E-state index contributed by atoms with van der Waals surface area (Å²) in [5.74, 6) is 1.02. The van der Waals surface area contributed by atoms with Crippen LogP contribution in [-0.2, 0) is 11.2 Å². The molecular formula is C24H28N4O2S. The molecule has 0 saturated carbocycles. The molecule has 1 unspecified atom stereocenters. The monoisotopic (exact) mass is 436 g/mol. The van der Waals surface area contributed by atoms with E-state index < -0.39 is 0 Å². The standard InChI is InChI=1S/C24H28N4O2S/c1-16-13-19(27-24-26-17(2)15-31-24)14-21(25-16)22-5-4-12-28(22)23(29)11-8-18-6-9-20(30-3)10-7-18/h6-7,9-10,13-15,22H,4-5,8,11-12H2,1-3H3,(H,25,26,27). The van der Waals surface area contributed by atoms with Gasteiger partial charge in [-0.05, 0) is 62.9 Å². The fourth-order valence-corrected chi connectivity index (χ4v) is 4.74. The second-order valence-corrected chi connectivity index (χ2v) is 8.79. The van der Waals surface area contributed by atoms with Gasteiger partial charge in [-0.3, -0.25) is 9.78 Å². The van der Waals surface area contributed by atoms with Crippen LogP contribution in [0.1, 0.15) is 47.9 Å². The van der Waals surface area contributed by atoms with Crippen molar-refractivity contribution in [2.45, 2.75) is 45.6 Å². The maximum Gasteiger partial charge on any atom is 0.223 e. The lowest BCUT2D eigenvalue weighted by Crippen LogP contribution is -2.31. The Kier molecular flexibility index (Phi) is 6.51. The van der Waals surface area contributed by atoms with Crippen molar-refractivity contribution in [2.75, 3.05) is 19.0 Å². The number of carbonyl (C=O) groups excluding carboxylic acids is 1. The molecular weight excluding hydrogens is 408 g/mol. The minimum atomic E-state index is 0.0295. The summed E-state index contributed by atoms with van der Waals surface area (Å²) in [7, 11) is 1.66. The minimum absolute atomic E-state index is 0.0295. The van der Waals surface area contributed by atoms with E-state index in [1.807, 2.05) is 54.5 Å². The lowest BCUT2D eigenvalue weighted by molar-refractivity contribution is -0.132. The Morgan fingerprint density at radius 3 is 2.71 bits per heavy atom. The molecule has 1 saturated heterocycles. The van der Waals surface area contributed by atoms with Crippen molar-refractivity contribution in [2.24, 2.45) is 0 Å². The molecule has 162 valence electrons. The number of benzene rings is 1. The summed E-state index contributed by atoms with van der Waals surface area (Å²) >= 11 is 1.59. The maximum absolute atomic E-state index is 13.0. The Morgan fingerprint density at radius 2 is 2.00 bits per heavy atom. The lowest BCUT2D eigenvalue weighted by atomic mass is 10.1. The van der Waals surface area contributed by atoms with Crippen LogP contribution in [0.3, 0.4) is 0 Å². The van der Waals surface area contributed by atoms with Gasteiger partial charge in [0.25, 0.3) is 0 Å². The van der Waals surface area contributed by atoms with E-state index in [4.69, 9.17) is 9.72 Å². The summed E-state index contributed by atoms with van der Waals surface area (Å²) in [6.45, 7) is 4.77. The highest BCUT2D eigenvalue weighted by Gasteiger charge is 2.31. The van der Waals surface area contributed by atoms with Crippen LogP contribution >= 0.6 is 11.3 Å². The number of rotatable bonds is 7. The van der Waals surface area contributed by atoms with Crippen molar-refractivity contribution < 1.29 is 9.53 Å². The molecule has 1 N–H and O–H groups in total. The Hall–Kier alpha value is -2.93. The van der Waals surface area contributed by atoms with E-state index in [1.54, 1.807) is 18.4 Å². The van der Waals surface area contributed by atoms with Crippen molar-refractivity contribution >= 4 is 28.1 Å². The van der Waals surface area contributed by atoms with Crippen LogP contribution in [0.15, 0.2) is 41.8 Å². The first-order chi connectivity index (χ1) is 15.0. The zero-order valence-corrected chi connectivity index (χ0v) is 19.0. The summed E-state index contributed by atoms with van der Waals surface area (Å²) in [5, 5.41) is 6.28. The third-order valence-corrected chi connectivity index (χ3v) is 6.42. The molecule has 0 radical (unpaired) electrons. The number of nitrogens with one attached hydrogen (secondary N) is 1. The predicted molar refractivity (Wildman–Crippen MR) is 124 cm³/mol. The molecule has 1 aliphatic heterocycles. The predicted octanol–water partition coefficient (Wildman–Crippen LogP) is 5.20. The van der Waals surface area contributed by atoms with Gasteiger partial charge in [-0.15, -0.1) is 11.3 Å². The summed E-state index contributed by atoms with van der Waals surface area (Å²) in [5.41, 5.74) is 5.00. The molecule has 1 aromatic carbocycles. The van der Waals surface area contributed by atoms with Crippen LogP contribution in [0, 0.1) is 13.8 Å². The zero-order valence-electron chi connectivity index (χ0n) is 18.2. The van der Waals surface area contributed by atoms with Gasteiger partial charge in [0.05, 0.1) is 24.5 Å². The third kappa shape index (κ3) is 5.22. The van der Waals surface area contributed by atoms with Gasteiger partial charge in [0.2, 0.25) is 5.91 Å². The number of aryl methyl sites for hydroxylation is 3. The third-order valence-electron chi connectivity index (χ3n) is 5.54. The SMILES string of the molecule is COc1ccc(CCC(=O)N2CCCC2c2cc(Nc3nc(C)cs3)cc(C)n2)cc1. The van der Waals surface area contributed by atoms with Gasteiger partial charge in [-0.25, -0.2) is 4.98 Å². The number of hydrogen-bond acceptors (Lipinski definition) is 6. The van der Waals surface area contributed by atoms with Crippen molar-refractivity contribution in [1.82, 2.24) is 14.9 Å². The average Bonchev–Trinajstić information content (AvgIpc) is 3.41. The van der Waals surface area contributed by atoms with Gasteiger partial charge in [0, 0.05) is 29.7 Å². The number of nitrogens with zero attached hydrogens (tertiary/aromatic N) is 3. The highest BCUT2D eigenvalue weighted by Crippen LogP contribution is 2.33. The number of thiazole rings is 1. The van der Waals surface area contributed by atoms with Crippen LogP contribution in [0.25, 0.3) is 0 Å². The van der Waals surface area contributed by atoms with Gasteiger partial charge >= 0.3 is 0 Å². The van der Waals surface area contributed by atoms with E-state index in [9.17, 15) is 4.79 Å². The van der Waals surface area contributed by atoms with Gasteiger partial charge in [0.1, 0.15) is 5.75 Å². The Balaban J connectivity index is 1.45. The van der Waals surface area contributed by atoms with E-state index in [1.165, 1.54) is 0 Å². The van der Waals surface area contributed by atoms with Gasteiger partial charge < -0.3 is 15.0 Å². The molecule has 31 heavy (non-hydrogen) atoms. The highest BCUT2D eigenvalue weighted by atomic mass is 32.1. The molecule has 0 bridgehead atoms. The van der Waals surface area contributed by atoms with Crippen LogP contribution in [0.4, 0.5) is 10.8 Å². The van der Waals surface area contributed by atoms with Crippen molar-refractivity contribution in [3.63, 3.8) is 0 Å². The number of hydrogen-bond donors (Lipinski definition) is 1. The highest BCUT2D eigenvalue weighted by molar-refractivity contribution is 7.13. The zero-order chi connectivity index (χ0) is 21.8. The lowest BCUT2D eigenvalue weighted by Gasteiger charge is -2.25. The van der Waals surface area contributed by atoms with Crippen molar-refractivity contribution in [1.29, 1.82) is 0 Å². The Labute approximate surface area is 187 Å². The molecule has 3 aromatic rings. The van der Waals surface area contributed by atoms with E-state index in [-0.39, 0.29) is 11.9 Å². The molecule has 1 fully saturated rings. The number of ether oxygens (including phenoxy) is 1. The molecule has 0 aliphatic carbocycles. The van der Waals surface area contributed by atoms with Crippen LogP contribution in [0.2, 0.25) is 0 Å². The summed E-state index contributed by atoms with van der Waals surface area (Å²) < 4.78 is 5.21. The van der Waals surface area contributed by atoms with E-state index in [2.05, 4.69) is 16.4 Å². The summed E-state index contributed by atoms with van der Waals surface area (Å²) in [4.78, 5) is 24.3. The largest absolute Gasteiger partial charge is 0.497 e. The maximum atomic E-state index is 13.0. The molecule has 4 rings (SSSR count). The molecule has 1 amide bonds. The molecule has 2 aromatic heterocycles. The first-order valence-corrected chi connectivity index (χ1v) is 11.5. The van der Waals surface area contributed by atoms with Gasteiger partial charge in [0.15, 0.2) is 5.13 Å². The summed E-state index contributed by atoms with van der Waals surface area (Å²) in [6, 6.07) is 12.0. The number of methoxy groups -OCH3 is 1. The van der Waals surface area contributed by atoms with Gasteiger partial charge in [-0.1, -0.05) is 12.1 Å².